The van der Waals surface area contributed by atoms with Gasteiger partial charge in [-0.1, -0.05) is 28.9 Å². The Hall–Kier alpha value is -1.72. The van der Waals surface area contributed by atoms with Crippen LogP contribution in [0.5, 0.6) is 0 Å². The van der Waals surface area contributed by atoms with Crippen LogP contribution in [-0.2, 0) is 6.54 Å². The lowest BCUT2D eigenvalue weighted by molar-refractivity contribution is 0.169. The molecule has 1 N–H and O–H groups in total. The quantitative estimate of drug-likeness (QED) is 0.907. The van der Waals surface area contributed by atoms with Crippen LogP contribution in [0, 0.1) is 6.92 Å². The zero-order valence-corrected chi connectivity index (χ0v) is 10.9. The highest BCUT2D eigenvalue weighted by molar-refractivity contribution is 5.55. The van der Waals surface area contributed by atoms with Gasteiger partial charge in [0.25, 0.3) is 0 Å². The molecule has 1 atom stereocenters. The highest BCUT2D eigenvalue weighted by Gasteiger charge is 2.22. The standard InChI is InChI=1S/C14H17N3O2/c1-10-3-2-4-11(7-10)14-15-13(19-16-14)9-17-6-5-12(18)8-17/h2-4,7,12,18H,5-6,8-9H2,1H3. The SMILES string of the molecule is Cc1cccc(-c2noc(CN3CCC(O)C3)n2)c1. The molecule has 0 radical (unpaired) electrons. The minimum Gasteiger partial charge on any atom is -0.392 e. The van der Waals surface area contributed by atoms with Gasteiger partial charge in [0.2, 0.25) is 11.7 Å². The molecule has 3 rings (SSSR count). The lowest BCUT2D eigenvalue weighted by Gasteiger charge is -2.10. The van der Waals surface area contributed by atoms with Gasteiger partial charge in [0, 0.05) is 18.7 Å². The summed E-state index contributed by atoms with van der Waals surface area (Å²) in [4.78, 5) is 6.53. The third kappa shape index (κ3) is 2.83. The van der Waals surface area contributed by atoms with Gasteiger partial charge in [-0.2, -0.15) is 4.98 Å². The molecule has 1 aromatic heterocycles. The van der Waals surface area contributed by atoms with Crippen molar-refractivity contribution >= 4 is 0 Å². The number of aromatic nitrogens is 2. The van der Waals surface area contributed by atoms with Crippen molar-refractivity contribution in [2.75, 3.05) is 13.1 Å². The number of hydrogen-bond acceptors (Lipinski definition) is 5. The van der Waals surface area contributed by atoms with Crippen LogP contribution in [0.1, 0.15) is 17.9 Å². The summed E-state index contributed by atoms with van der Waals surface area (Å²) in [6.45, 7) is 4.21. The highest BCUT2D eigenvalue weighted by Crippen LogP contribution is 2.18. The number of benzene rings is 1. The lowest BCUT2D eigenvalue weighted by atomic mass is 10.1. The lowest BCUT2D eigenvalue weighted by Crippen LogP contribution is -2.21. The first-order chi connectivity index (χ1) is 9.20. The van der Waals surface area contributed by atoms with E-state index < -0.39 is 0 Å². The first-order valence-electron chi connectivity index (χ1n) is 6.51. The maximum atomic E-state index is 9.48. The number of rotatable bonds is 3. The van der Waals surface area contributed by atoms with Crippen molar-refractivity contribution in [2.45, 2.75) is 26.0 Å². The van der Waals surface area contributed by atoms with Crippen LogP contribution >= 0.6 is 0 Å². The first kappa shape index (κ1) is 12.3. The number of aliphatic hydroxyl groups excluding tert-OH is 1. The molecule has 1 aromatic carbocycles. The molecule has 1 fully saturated rings. The second-order valence-corrected chi connectivity index (χ2v) is 5.06. The number of hydrogen-bond donors (Lipinski definition) is 1. The summed E-state index contributed by atoms with van der Waals surface area (Å²) in [7, 11) is 0. The fraction of sp³-hybridized carbons (Fsp3) is 0.429. The van der Waals surface area contributed by atoms with E-state index in [1.807, 2.05) is 31.2 Å². The monoisotopic (exact) mass is 259 g/mol. The van der Waals surface area contributed by atoms with E-state index in [4.69, 9.17) is 4.52 Å². The minimum absolute atomic E-state index is 0.223. The van der Waals surface area contributed by atoms with Gasteiger partial charge in [-0.25, -0.2) is 0 Å². The Morgan fingerprint density at radius 2 is 2.37 bits per heavy atom. The van der Waals surface area contributed by atoms with Gasteiger partial charge < -0.3 is 9.63 Å². The highest BCUT2D eigenvalue weighted by atomic mass is 16.5. The molecule has 2 aromatic rings. The van der Waals surface area contributed by atoms with Crippen LogP contribution in [0.25, 0.3) is 11.4 Å². The van der Waals surface area contributed by atoms with Gasteiger partial charge in [0.05, 0.1) is 12.6 Å². The zero-order valence-electron chi connectivity index (χ0n) is 10.9. The van der Waals surface area contributed by atoms with Crippen molar-refractivity contribution in [1.29, 1.82) is 0 Å². The number of aliphatic hydroxyl groups is 1. The molecule has 2 heterocycles. The Balaban J connectivity index is 1.73. The van der Waals surface area contributed by atoms with Gasteiger partial charge in [-0.3, -0.25) is 4.90 Å². The Kier molecular flexibility index (Phi) is 3.31. The third-order valence-corrected chi connectivity index (χ3v) is 3.35. The number of β-amino-alcohol motifs (C(OH)–C–C–N with tert-alkyl or cyclic N) is 1. The van der Waals surface area contributed by atoms with Crippen LogP contribution in [0.4, 0.5) is 0 Å². The van der Waals surface area contributed by atoms with Gasteiger partial charge in [0.15, 0.2) is 0 Å². The first-order valence-corrected chi connectivity index (χ1v) is 6.51. The maximum absolute atomic E-state index is 9.48. The van der Waals surface area contributed by atoms with E-state index in [0.29, 0.717) is 24.8 Å². The van der Waals surface area contributed by atoms with E-state index in [-0.39, 0.29) is 6.10 Å². The second kappa shape index (κ2) is 5.11. The average molecular weight is 259 g/mol. The molecule has 0 aliphatic carbocycles. The molecule has 1 aliphatic rings. The molecule has 5 nitrogen and oxygen atoms in total. The van der Waals surface area contributed by atoms with Gasteiger partial charge >= 0.3 is 0 Å². The summed E-state index contributed by atoms with van der Waals surface area (Å²) in [5.41, 5.74) is 2.14. The average Bonchev–Trinajstić information content (AvgIpc) is 2.99. The molecule has 0 spiro atoms. The minimum atomic E-state index is -0.223. The summed E-state index contributed by atoms with van der Waals surface area (Å²) < 4.78 is 5.27. The molecular weight excluding hydrogens is 242 g/mol. The second-order valence-electron chi connectivity index (χ2n) is 5.06. The predicted octanol–water partition coefficient (Wildman–Crippen LogP) is 1.61. The Bertz CT molecular complexity index is 567. The topological polar surface area (TPSA) is 62.4 Å². The predicted molar refractivity (Wildman–Crippen MR) is 70.4 cm³/mol. The summed E-state index contributed by atoms with van der Waals surface area (Å²) in [6.07, 6.45) is 0.595. The van der Waals surface area contributed by atoms with Crippen LogP contribution in [-0.4, -0.2) is 39.3 Å². The van der Waals surface area contributed by atoms with Crippen LogP contribution < -0.4 is 0 Å². The maximum Gasteiger partial charge on any atom is 0.241 e. The van der Waals surface area contributed by atoms with E-state index in [9.17, 15) is 5.11 Å². The van der Waals surface area contributed by atoms with Crippen molar-refractivity contribution in [3.63, 3.8) is 0 Å². The summed E-state index contributed by atoms with van der Waals surface area (Å²) in [6, 6.07) is 8.03. The van der Waals surface area contributed by atoms with Crippen molar-refractivity contribution in [2.24, 2.45) is 0 Å². The number of likely N-dealkylation sites (tertiary alicyclic amines) is 1. The van der Waals surface area contributed by atoms with Crippen LogP contribution in [0.15, 0.2) is 28.8 Å². The Labute approximate surface area is 111 Å². The number of aryl methyl sites for hydroxylation is 1. The van der Waals surface area contributed by atoms with Gasteiger partial charge in [-0.05, 0) is 19.4 Å². The molecule has 19 heavy (non-hydrogen) atoms. The molecule has 0 bridgehead atoms. The molecule has 100 valence electrons. The molecule has 1 saturated heterocycles. The van der Waals surface area contributed by atoms with Crippen LogP contribution in [0.3, 0.4) is 0 Å². The van der Waals surface area contributed by atoms with Gasteiger partial charge in [0.1, 0.15) is 0 Å². The molecule has 1 aliphatic heterocycles. The molecule has 0 saturated carbocycles. The van der Waals surface area contributed by atoms with E-state index >= 15 is 0 Å². The third-order valence-electron chi connectivity index (χ3n) is 3.35. The van der Waals surface area contributed by atoms with E-state index in [1.54, 1.807) is 0 Å². The summed E-state index contributed by atoms with van der Waals surface area (Å²) in [5, 5.41) is 13.5. The van der Waals surface area contributed by atoms with Crippen molar-refractivity contribution in [3.8, 4) is 11.4 Å². The summed E-state index contributed by atoms with van der Waals surface area (Å²) in [5.74, 6) is 1.23. The molecule has 1 unspecified atom stereocenters. The van der Waals surface area contributed by atoms with Crippen molar-refractivity contribution < 1.29 is 9.63 Å². The normalized spacial score (nSPS) is 20.0. The smallest absolute Gasteiger partial charge is 0.241 e. The van der Waals surface area contributed by atoms with Crippen molar-refractivity contribution in [1.82, 2.24) is 15.0 Å². The van der Waals surface area contributed by atoms with Gasteiger partial charge in [-0.15, -0.1) is 0 Å². The zero-order chi connectivity index (χ0) is 13.2. The number of nitrogens with zero attached hydrogens (tertiary/aromatic N) is 3. The molecular formula is C14H17N3O2. The Morgan fingerprint density at radius 1 is 1.47 bits per heavy atom. The summed E-state index contributed by atoms with van der Waals surface area (Å²) >= 11 is 0. The van der Waals surface area contributed by atoms with Crippen molar-refractivity contribution in [3.05, 3.63) is 35.7 Å². The fourth-order valence-corrected chi connectivity index (χ4v) is 2.37. The van der Waals surface area contributed by atoms with E-state index in [1.165, 1.54) is 5.56 Å². The largest absolute Gasteiger partial charge is 0.392 e. The molecule has 0 amide bonds. The van der Waals surface area contributed by atoms with E-state index in [0.717, 1.165) is 18.5 Å². The molecule has 5 heteroatoms. The fourth-order valence-electron chi connectivity index (χ4n) is 2.37. The van der Waals surface area contributed by atoms with E-state index in [2.05, 4.69) is 15.0 Å². The van der Waals surface area contributed by atoms with Crippen LogP contribution in [0.2, 0.25) is 0 Å². The Morgan fingerprint density at radius 3 is 3.11 bits per heavy atom.